The number of anilines is 1. The molecule has 6 nitrogen and oxygen atoms in total. The molecule has 0 atom stereocenters. The van der Waals surface area contributed by atoms with Crippen molar-refractivity contribution in [3.63, 3.8) is 0 Å². The Balaban J connectivity index is 1.76. The predicted molar refractivity (Wildman–Crippen MR) is 94.5 cm³/mol. The van der Waals surface area contributed by atoms with E-state index in [0.717, 1.165) is 21.4 Å². The smallest absolute Gasteiger partial charge is 0.271 e. The van der Waals surface area contributed by atoms with E-state index in [4.69, 9.17) is 0 Å². The molecular weight excluding hydrogens is 326 g/mol. The van der Waals surface area contributed by atoms with Crippen LogP contribution in [-0.2, 0) is 11.2 Å². The molecule has 2 aromatic carbocycles. The molecule has 0 bridgehead atoms. The Hall–Kier alpha value is -2.80. The number of benzene rings is 2. The van der Waals surface area contributed by atoms with Crippen LogP contribution in [0.3, 0.4) is 0 Å². The minimum atomic E-state index is -0.461. The van der Waals surface area contributed by atoms with Gasteiger partial charge in [-0.3, -0.25) is 14.9 Å². The number of aryl methyl sites for hydroxylation is 2. The molecule has 1 amide bonds. The summed E-state index contributed by atoms with van der Waals surface area (Å²) in [4.78, 5) is 26.8. The SMILES string of the molecule is Cc1ccc(CC(=O)Nc2nc3cc([N+](=O)[O-])ccc3s2)c(C)c1. The van der Waals surface area contributed by atoms with Gasteiger partial charge in [0.1, 0.15) is 0 Å². The van der Waals surface area contributed by atoms with Crippen molar-refractivity contribution in [1.82, 2.24) is 4.98 Å². The number of thiazole rings is 1. The molecule has 1 aromatic heterocycles. The van der Waals surface area contributed by atoms with Crippen LogP contribution in [0.25, 0.3) is 10.2 Å². The van der Waals surface area contributed by atoms with E-state index in [2.05, 4.69) is 10.3 Å². The second-order valence-corrected chi connectivity index (χ2v) is 6.61. The van der Waals surface area contributed by atoms with E-state index < -0.39 is 4.92 Å². The molecule has 1 heterocycles. The minimum Gasteiger partial charge on any atom is -0.302 e. The number of fused-ring (bicyclic) bond motifs is 1. The lowest BCUT2D eigenvalue weighted by Crippen LogP contribution is -2.14. The monoisotopic (exact) mass is 341 g/mol. The van der Waals surface area contributed by atoms with Gasteiger partial charge in [-0.1, -0.05) is 35.1 Å². The number of nitro groups is 1. The van der Waals surface area contributed by atoms with Crippen molar-refractivity contribution < 1.29 is 9.72 Å². The van der Waals surface area contributed by atoms with Gasteiger partial charge in [-0.05, 0) is 31.0 Å². The third-order valence-electron chi connectivity index (χ3n) is 3.68. The number of rotatable bonds is 4. The highest BCUT2D eigenvalue weighted by atomic mass is 32.1. The first-order chi connectivity index (χ1) is 11.4. The Morgan fingerprint density at radius 3 is 2.75 bits per heavy atom. The van der Waals surface area contributed by atoms with E-state index in [9.17, 15) is 14.9 Å². The zero-order valence-electron chi connectivity index (χ0n) is 13.2. The molecule has 0 radical (unpaired) electrons. The maximum atomic E-state index is 12.2. The predicted octanol–water partition coefficient (Wildman–Crippen LogP) is 4.00. The molecule has 0 aliphatic rings. The standard InChI is InChI=1S/C17H15N3O3S/c1-10-3-4-12(11(2)7-10)8-16(21)19-17-18-14-9-13(20(22)23)5-6-15(14)24-17/h3-7,9H,8H2,1-2H3,(H,18,19,21). The molecular formula is C17H15N3O3S. The zero-order valence-corrected chi connectivity index (χ0v) is 14.0. The Kier molecular flexibility index (Phi) is 4.26. The maximum absolute atomic E-state index is 12.2. The Morgan fingerprint density at radius 2 is 2.04 bits per heavy atom. The first-order valence-corrected chi connectivity index (χ1v) is 8.15. The summed E-state index contributed by atoms with van der Waals surface area (Å²) in [7, 11) is 0. The number of nitrogens with zero attached hydrogens (tertiary/aromatic N) is 2. The Morgan fingerprint density at radius 1 is 1.25 bits per heavy atom. The van der Waals surface area contributed by atoms with Gasteiger partial charge in [0.25, 0.3) is 5.69 Å². The lowest BCUT2D eigenvalue weighted by molar-refractivity contribution is -0.384. The van der Waals surface area contributed by atoms with Crippen LogP contribution in [-0.4, -0.2) is 15.8 Å². The first-order valence-electron chi connectivity index (χ1n) is 7.33. The third kappa shape index (κ3) is 3.41. The summed E-state index contributed by atoms with van der Waals surface area (Å²) in [6, 6.07) is 10.5. The number of nitrogens with one attached hydrogen (secondary N) is 1. The van der Waals surface area contributed by atoms with Gasteiger partial charge in [-0.25, -0.2) is 4.98 Å². The van der Waals surface area contributed by atoms with E-state index in [1.807, 2.05) is 32.0 Å². The van der Waals surface area contributed by atoms with Gasteiger partial charge in [0, 0.05) is 12.1 Å². The second-order valence-electron chi connectivity index (χ2n) is 5.58. The fourth-order valence-corrected chi connectivity index (χ4v) is 3.33. The first kappa shape index (κ1) is 16.1. The van der Waals surface area contributed by atoms with Crippen molar-refractivity contribution in [2.75, 3.05) is 5.32 Å². The van der Waals surface area contributed by atoms with Crippen LogP contribution in [0.4, 0.5) is 10.8 Å². The molecule has 122 valence electrons. The van der Waals surface area contributed by atoms with Gasteiger partial charge in [-0.15, -0.1) is 0 Å². The quantitative estimate of drug-likeness (QED) is 0.574. The molecule has 7 heteroatoms. The summed E-state index contributed by atoms with van der Waals surface area (Å²) in [5, 5.41) is 14.0. The van der Waals surface area contributed by atoms with Gasteiger partial charge in [0.15, 0.2) is 5.13 Å². The van der Waals surface area contributed by atoms with E-state index in [0.29, 0.717) is 10.6 Å². The van der Waals surface area contributed by atoms with Crippen LogP contribution in [0, 0.1) is 24.0 Å². The van der Waals surface area contributed by atoms with Gasteiger partial charge in [-0.2, -0.15) is 0 Å². The molecule has 0 saturated heterocycles. The summed E-state index contributed by atoms with van der Waals surface area (Å²) in [5.41, 5.74) is 3.70. The van der Waals surface area contributed by atoms with Crippen molar-refractivity contribution in [3.8, 4) is 0 Å². The lowest BCUT2D eigenvalue weighted by Gasteiger charge is -2.06. The summed E-state index contributed by atoms with van der Waals surface area (Å²) in [6.45, 7) is 3.99. The largest absolute Gasteiger partial charge is 0.302 e. The topological polar surface area (TPSA) is 85.1 Å². The lowest BCUT2D eigenvalue weighted by atomic mass is 10.0. The van der Waals surface area contributed by atoms with Gasteiger partial charge in [0.05, 0.1) is 21.6 Å². The zero-order chi connectivity index (χ0) is 17.3. The number of carbonyl (C=O) groups is 1. The molecule has 0 unspecified atom stereocenters. The number of aromatic nitrogens is 1. The summed E-state index contributed by atoms with van der Waals surface area (Å²) in [6.07, 6.45) is 0.266. The molecule has 1 N–H and O–H groups in total. The molecule has 0 saturated carbocycles. The van der Waals surface area contributed by atoms with Crippen LogP contribution >= 0.6 is 11.3 Å². The number of non-ortho nitro benzene ring substituents is 1. The third-order valence-corrected chi connectivity index (χ3v) is 4.63. The van der Waals surface area contributed by atoms with E-state index in [1.54, 1.807) is 6.07 Å². The van der Waals surface area contributed by atoms with E-state index >= 15 is 0 Å². The number of hydrogen-bond donors (Lipinski definition) is 1. The van der Waals surface area contributed by atoms with Crippen molar-refractivity contribution in [2.24, 2.45) is 0 Å². The molecule has 3 aromatic rings. The minimum absolute atomic E-state index is 0.0130. The van der Waals surface area contributed by atoms with Crippen molar-refractivity contribution in [1.29, 1.82) is 0 Å². The van der Waals surface area contributed by atoms with Gasteiger partial charge < -0.3 is 5.32 Å². The van der Waals surface area contributed by atoms with E-state index in [-0.39, 0.29) is 18.0 Å². The average Bonchev–Trinajstić information content (AvgIpc) is 2.91. The van der Waals surface area contributed by atoms with Crippen molar-refractivity contribution in [2.45, 2.75) is 20.3 Å². The van der Waals surface area contributed by atoms with Crippen LogP contribution < -0.4 is 5.32 Å². The molecule has 3 rings (SSSR count). The highest BCUT2D eigenvalue weighted by molar-refractivity contribution is 7.22. The number of carbonyl (C=O) groups excluding carboxylic acids is 1. The van der Waals surface area contributed by atoms with Crippen LogP contribution in [0.5, 0.6) is 0 Å². The van der Waals surface area contributed by atoms with Crippen molar-refractivity contribution in [3.05, 3.63) is 63.2 Å². The van der Waals surface area contributed by atoms with Crippen LogP contribution in [0.2, 0.25) is 0 Å². The molecule has 0 spiro atoms. The van der Waals surface area contributed by atoms with Gasteiger partial charge in [0.2, 0.25) is 5.91 Å². The molecule has 24 heavy (non-hydrogen) atoms. The van der Waals surface area contributed by atoms with Crippen LogP contribution in [0.1, 0.15) is 16.7 Å². The maximum Gasteiger partial charge on any atom is 0.271 e. The number of amides is 1. The fourth-order valence-electron chi connectivity index (χ4n) is 2.46. The normalized spacial score (nSPS) is 10.8. The second kappa shape index (κ2) is 6.37. The molecule has 0 fully saturated rings. The van der Waals surface area contributed by atoms with Crippen molar-refractivity contribution >= 4 is 38.3 Å². The molecule has 0 aliphatic heterocycles. The van der Waals surface area contributed by atoms with E-state index in [1.165, 1.54) is 23.5 Å². The summed E-state index contributed by atoms with van der Waals surface area (Å²) >= 11 is 1.30. The Labute approximate surface area is 142 Å². The Bertz CT molecular complexity index is 949. The average molecular weight is 341 g/mol. The fraction of sp³-hybridized carbons (Fsp3) is 0.176. The van der Waals surface area contributed by atoms with Crippen LogP contribution in [0.15, 0.2) is 36.4 Å². The number of hydrogen-bond acceptors (Lipinski definition) is 5. The molecule has 0 aliphatic carbocycles. The highest BCUT2D eigenvalue weighted by Gasteiger charge is 2.13. The number of nitro benzene ring substituents is 1. The summed E-state index contributed by atoms with van der Waals surface area (Å²) in [5.74, 6) is -0.157. The van der Waals surface area contributed by atoms with Gasteiger partial charge >= 0.3 is 0 Å². The highest BCUT2D eigenvalue weighted by Crippen LogP contribution is 2.28. The summed E-state index contributed by atoms with van der Waals surface area (Å²) < 4.78 is 0.794.